The van der Waals surface area contributed by atoms with Gasteiger partial charge in [-0.05, 0) is 48.2 Å². The van der Waals surface area contributed by atoms with E-state index in [0.29, 0.717) is 18.5 Å². The van der Waals surface area contributed by atoms with Crippen molar-refractivity contribution in [1.29, 1.82) is 0 Å². The molecule has 1 N–H and O–H groups in total. The Morgan fingerprint density at radius 2 is 1.55 bits per heavy atom. The minimum Gasteiger partial charge on any atom is -0.357 e. The van der Waals surface area contributed by atoms with Crippen LogP contribution in [0.2, 0.25) is 0 Å². The summed E-state index contributed by atoms with van der Waals surface area (Å²) in [6.07, 6.45) is 1.93. The molecule has 0 aromatic heterocycles. The number of para-hydroxylation sites is 1. The maximum atomic E-state index is 13.7. The lowest BCUT2D eigenvalue weighted by Crippen LogP contribution is -2.49. The molecule has 2 amide bonds. The molecule has 38 heavy (non-hydrogen) atoms. The highest BCUT2D eigenvalue weighted by molar-refractivity contribution is 9.10. The number of amides is 2. The molecule has 3 rings (SSSR count). The van der Waals surface area contributed by atoms with Crippen LogP contribution in [0.5, 0.6) is 0 Å². The van der Waals surface area contributed by atoms with Crippen molar-refractivity contribution in [2.24, 2.45) is 0 Å². The first kappa shape index (κ1) is 29.4. The minimum atomic E-state index is -3.55. The molecule has 0 saturated carbocycles. The molecule has 0 aliphatic heterocycles. The molecule has 3 aromatic carbocycles. The normalized spacial score (nSPS) is 12.0. The minimum absolute atomic E-state index is 0.0940. The summed E-state index contributed by atoms with van der Waals surface area (Å²) in [5, 5.41) is 2.71. The number of rotatable bonds is 12. The van der Waals surface area contributed by atoms with Gasteiger partial charge in [-0.15, -0.1) is 0 Å². The summed E-state index contributed by atoms with van der Waals surface area (Å²) < 4.78 is 27.4. The molecule has 1 unspecified atom stereocenters. The van der Waals surface area contributed by atoms with Crippen LogP contribution in [0.15, 0.2) is 83.3 Å². The quantitative estimate of drug-likeness (QED) is 0.327. The van der Waals surface area contributed by atoms with Gasteiger partial charge in [-0.2, -0.15) is 0 Å². The van der Waals surface area contributed by atoms with Gasteiger partial charge in [-0.25, -0.2) is 8.42 Å². The average Bonchev–Trinajstić information content (AvgIpc) is 2.89. The van der Waals surface area contributed by atoms with Crippen LogP contribution in [0.4, 0.5) is 5.69 Å². The number of hydrogen-bond donors (Lipinski definition) is 1. The second-order valence-electron chi connectivity index (χ2n) is 9.19. The van der Waals surface area contributed by atoms with Gasteiger partial charge in [0.15, 0.2) is 0 Å². The third-order valence-electron chi connectivity index (χ3n) is 6.32. The van der Waals surface area contributed by atoms with Crippen molar-refractivity contribution in [3.05, 3.63) is 100 Å². The fourth-order valence-electron chi connectivity index (χ4n) is 4.33. The highest BCUT2D eigenvalue weighted by Gasteiger charge is 2.30. The third-order valence-corrected chi connectivity index (χ3v) is 8.03. The molecule has 202 valence electrons. The van der Waals surface area contributed by atoms with E-state index in [1.54, 1.807) is 24.1 Å². The van der Waals surface area contributed by atoms with Gasteiger partial charge in [-0.3, -0.25) is 13.9 Å². The number of anilines is 1. The summed E-state index contributed by atoms with van der Waals surface area (Å²) in [5.74, 6) is -0.465. The van der Waals surface area contributed by atoms with E-state index in [4.69, 9.17) is 0 Å². The van der Waals surface area contributed by atoms with Gasteiger partial charge in [0.1, 0.15) is 6.04 Å². The lowest BCUT2D eigenvalue weighted by atomic mass is 10.0. The van der Waals surface area contributed by atoms with Gasteiger partial charge < -0.3 is 10.2 Å². The van der Waals surface area contributed by atoms with Crippen LogP contribution >= 0.6 is 15.9 Å². The number of hydrogen-bond acceptors (Lipinski definition) is 4. The van der Waals surface area contributed by atoms with Gasteiger partial charge in [0.25, 0.3) is 0 Å². The van der Waals surface area contributed by atoms with Gasteiger partial charge in [-0.1, -0.05) is 76.6 Å². The van der Waals surface area contributed by atoms with Crippen molar-refractivity contribution < 1.29 is 18.0 Å². The maximum Gasteiger partial charge on any atom is 0.242 e. The molecule has 0 radical (unpaired) electrons. The smallest absolute Gasteiger partial charge is 0.242 e. The summed E-state index contributed by atoms with van der Waals surface area (Å²) in [6.45, 7) is 2.27. The monoisotopic (exact) mass is 599 g/mol. The van der Waals surface area contributed by atoms with Crippen molar-refractivity contribution >= 4 is 43.5 Å². The number of nitrogens with one attached hydrogen (secondary N) is 1. The van der Waals surface area contributed by atoms with E-state index in [1.165, 1.54) is 10.6 Å². The molecule has 0 saturated heterocycles. The second-order valence-corrected chi connectivity index (χ2v) is 12.0. The number of nitrogens with zero attached hydrogens (tertiary/aromatic N) is 2. The summed E-state index contributed by atoms with van der Waals surface area (Å²) in [5.41, 5.74) is 3.27. The molecule has 3 aromatic rings. The molecule has 0 heterocycles. The Balaban J connectivity index is 1.84. The molecule has 7 nitrogen and oxygen atoms in total. The molecule has 0 aliphatic rings. The Kier molecular flexibility index (Phi) is 10.5. The predicted octanol–water partition coefficient (Wildman–Crippen LogP) is 4.69. The highest BCUT2D eigenvalue weighted by Crippen LogP contribution is 2.23. The van der Waals surface area contributed by atoms with Gasteiger partial charge in [0.05, 0.1) is 11.9 Å². The van der Waals surface area contributed by atoms with E-state index in [0.717, 1.165) is 21.2 Å². The van der Waals surface area contributed by atoms with E-state index in [9.17, 15) is 18.0 Å². The van der Waals surface area contributed by atoms with Crippen molar-refractivity contribution in [2.45, 2.75) is 38.8 Å². The fourth-order valence-corrected chi connectivity index (χ4v) is 5.62. The van der Waals surface area contributed by atoms with Crippen LogP contribution in [-0.2, 0) is 32.6 Å². The van der Waals surface area contributed by atoms with Crippen LogP contribution in [-0.4, -0.2) is 51.0 Å². The largest absolute Gasteiger partial charge is 0.357 e. The van der Waals surface area contributed by atoms with Gasteiger partial charge >= 0.3 is 0 Å². The summed E-state index contributed by atoms with van der Waals surface area (Å²) in [4.78, 5) is 28.3. The number of sulfonamides is 1. The summed E-state index contributed by atoms with van der Waals surface area (Å²) in [6, 6.07) is 23.8. The van der Waals surface area contributed by atoms with Crippen LogP contribution in [0.3, 0.4) is 0 Å². The second kappa shape index (κ2) is 13.6. The van der Waals surface area contributed by atoms with Crippen LogP contribution in [0.1, 0.15) is 29.5 Å². The Bertz CT molecular complexity index is 1330. The fraction of sp³-hybridized carbons (Fsp3) is 0.310. The molecular formula is C29H34BrN3O4S. The zero-order valence-electron chi connectivity index (χ0n) is 21.9. The topological polar surface area (TPSA) is 86.8 Å². The SMILES string of the molecule is CNC(=O)C(Cc1ccccc1)N(Cc1ccc(Br)cc1)C(=O)CCCN(c1ccccc1C)S(C)(=O)=O. The molecule has 9 heteroatoms. The van der Waals surface area contributed by atoms with Crippen LogP contribution in [0.25, 0.3) is 0 Å². The number of likely N-dealkylation sites (N-methyl/N-ethyl adjacent to an activating group) is 1. The lowest BCUT2D eigenvalue weighted by molar-refractivity contribution is -0.141. The number of carbonyl (C=O) groups is 2. The maximum absolute atomic E-state index is 13.7. The van der Waals surface area contributed by atoms with Crippen molar-refractivity contribution in [1.82, 2.24) is 10.2 Å². The van der Waals surface area contributed by atoms with E-state index >= 15 is 0 Å². The zero-order valence-corrected chi connectivity index (χ0v) is 24.3. The van der Waals surface area contributed by atoms with Crippen molar-refractivity contribution in [2.75, 3.05) is 24.2 Å². The number of benzene rings is 3. The number of carbonyl (C=O) groups excluding carboxylic acids is 2. The molecule has 1 atom stereocenters. The Morgan fingerprint density at radius 1 is 0.921 bits per heavy atom. The van der Waals surface area contributed by atoms with E-state index in [2.05, 4.69) is 21.2 Å². The van der Waals surface area contributed by atoms with Gasteiger partial charge in [0, 0.05) is 37.5 Å². The standard InChI is InChI=1S/C29H34BrN3O4S/c1-22-10-7-8-13-26(22)33(38(3,36)37)19-9-14-28(34)32(21-24-15-17-25(30)18-16-24)27(29(35)31-2)20-23-11-5-4-6-12-23/h4-8,10-13,15-18,27H,9,14,19-21H2,1-3H3,(H,31,35). The first-order chi connectivity index (χ1) is 18.1. The Morgan fingerprint density at radius 3 is 2.16 bits per heavy atom. The van der Waals surface area contributed by atoms with Crippen LogP contribution < -0.4 is 9.62 Å². The predicted molar refractivity (Wildman–Crippen MR) is 155 cm³/mol. The first-order valence-corrected chi connectivity index (χ1v) is 15.1. The molecule has 0 aliphatic carbocycles. The summed E-state index contributed by atoms with van der Waals surface area (Å²) in [7, 11) is -1.98. The van der Waals surface area contributed by atoms with E-state index < -0.39 is 16.1 Å². The van der Waals surface area contributed by atoms with E-state index in [-0.39, 0.29) is 31.3 Å². The summed E-state index contributed by atoms with van der Waals surface area (Å²) >= 11 is 3.44. The molecule has 0 spiro atoms. The average molecular weight is 601 g/mol. The van der Waals surface area contributed by atoms with Crippen LogP contribution in [0, 0.1) is 6.92 Å². The lowest BCUT2D eigenvalue weighted by Gasteiger charge is -2.31. The van der Waals surface area contributed by atoms with Crippen molar-refractivity contribution in [3.8, 4) is 0 Å². The highest BCUT2D eigenvalue weighted by atomic mass is 79.9. The molecule has 0 bridgehead atoms. The van der Waals surface area contributed by atoms with Crippen molar-refractivity contribution in [3.63, 3.8) is 0 Å². The van der Waals surface area contributed by atoms with E-state index in [1.807, 2.05) is 73.7 Å². The Labute approximate surface area is 234 Å². The first-order valence-electron chi connectivity index (χ1n) is 12.4. The number of halogens is 1. The zero-order chi connectivity index (χ0) is 27.7. The Hall–Kier alpha value is -3.17. The number of aryl methyl sites for hydroxylation is 1. The molecular weight excluding hydrogens is 566 g/mol. The third kappa shape index (κ3) is 8.16. The molecule has 0 fully saturated rings. The van der Waals surface area contributed by atoms with Gasteiger partial charge in [0.2, 0.25) is 21.8 Å².